The van der Waals surface area contributed by atoms with Crippen LogP contribution in [0.2, 0.25) is 0 Å². The summed E-state index contributed by atoms with van der Waals surface area (Å²) in [6.45, 7) is 5.13. The molecule has 1 aromatic rings. The van der Waals surface area contributed by atoms with Gasteiger partial charge in [-0.3, -0.25) is 4.90 Å². The van der Waals surface area contributed by atoms with Gasteiger partial charge >= 0.3 is 0 Å². The van der Waals surface area contributed by atoms with E-state index in [1.165, 1.54) is 18.9 Å². The summed E-state index contributed by atoms with van der Waals surface area (Å²) in [6, 6.07) is 7.37. The molecule has 0 radical (unpaired) electrons. The molecule has 18 heavy (non-hydrogen) atoms. The minimum atomic E-state index is -0.136. The zero-order valence-electron chi connectivity index (χ0n) is 11.1. The average molecular weight is 250 g/mol. The minimum Gasteiger partial charge on any atom is -0.330 e. The Hall–Kier alpha value is -0.930. The minimum absolute atomic E-state index is 0.136. The Kier molecular flexibility index (Phi) is 4.72. The maximum Gasteiger partial charge on any atom is 0.123 e. The Morgan fingerprint density at radius 1 is 1.39 bits per heavy atom. The fourth-order valence-corrected chi connectivity index (χ4v) is 2.92. The number of nitrogens with two attached hydrogens (primary N) is 1. The molecule has 0 aromatic heterocycles. The second-order valence-electron chi connectivity index (χ2n) is 5.19. The van der Waals surface area contributed by atoms with Gasteiger partial charge in [-0.05, 0) is 62.5 Å². The second-order valence-corrected chi connectivity index (χ2v) is 5.19. The molecule has 0 spiro atoms. The van der Waals surface area contributed by atoms with Crippen molar-refractivity contribution in [2.24, 2.45) is 11.7 Å². The summed E-state index contributed by atoms with van der Waals surface area (Å²) in [6.07, 6.45) is 3.36. The predicted molar refractivity (Wildman–Crippen MR) is 72.8 cm³/mol. The van der Waals surface area contributed by atoms with Crippen molar-refractivity contribution in [3.05, 3.63) is 35.6 Å². The van der Waals surface area contributed by atoms with Gasteiger partial charge < -0.3 is 5.73 Å². The molecule has 3 heteroatoms. The molecule has 0 aliphatic carbocycles. The summed E-state index contributed by atoms with van der Waals surface area (Å²) in [4.78, 5) is 2.47. The summed E-state index contributed by atoms with van der Waals surface area (Å²) < 4.78 is 13.3. The molecule has 1 heterocycles. The third kappa shape index (κ3) is 3.09. The lowest BCUT2D eigenvalue weighted by atomic mass is 9.93. The van der Waals surface area contributed by atoms with E-state index in [-0.39, 0.29) is 5.82 Å². The first-order valence-corrected chi connectivity index (χ1v) is 6.94. The highest BCUT2D eigenvalue weighted by Crippen LogP contribution is 2.29. The Bertz CT molecular complexity index is 373. The van der Waals surface area contributed by atoms with Crippen molar-refractivity contribution < 1.29 is 4.39 Å². The van der Waals surface area contributed by atoms with Gasteiger partial charge in [0.25, 0.3) is 0 Å². The molecule has 1 atom stereocenters. The Morgan fingerprint density at radius 2 is 2.11 bits per heavy atom. The van der Waals surface area contributed by atoms with E-state index in [0.717, 1.165) is 31.6 Å². The SMILES string of the molecule is CCC(c1cccc(F)c1)N1CCC(CN)CC1. The molecule has 1 fully saturated rings. The van der Waals surface area contributed by atoms with Crippen molar-refractivity contribution in [3.63, 3.8) is 0 Å². The number of halogens is 1. The molecule has 1 aliphatic heterocycles. The first-order valence-electron chi connectivity index (χ1n) is 6.94. The maximum absolute atomic E-state index is 13.3. The van der Waals surface area contributed by atoms with Crippen molar-refractivity contribution in [2.45, 2.75) is 32.2 Å². The van der Waals surface area contributed by atoms with Crippen LogP contribution < -0.4 is 5.73 Å². The van der Waals surface area contributed by atoms with Gasteiger partial charge in [-0.15, -0.1) is 0 Å². The van der Waals surface area contributed by atoms with Crippen molar-refractivity contribution in [1.29, 1.82) is 0 Å². The fourth-order valence-electron chi connectivity index (χ4n) is 2.92. The molecule has 1 aromatic carbocycles. The molecular weight excluding hydrogens is 227 g/mol. The normalized spacial score (nSPS) is 19.9. The van der Waals surface area contributed by atoms with E-state index in [2.05, 4.69) is 11.8 Å². The second kappa shape index (κ2) is 6.30. The third-order valence-corrected chi connectivity index (χ3v) is 4.04. The van der Waals surface area contributed by atoms with Crippen LogP contribution in [-0.4, -0.2) is 24.5 Å². The Labute approximate surface area is 109 Å². The molecule has 2 N–H and O–H groups in total. The lowest BCUT2D eigenvalue weighted by molar-refractivity contribution is 0.131. The lowest BCUT2D eigenvalue weighted by Gasteiger charge is -2.37. The van der Waals surface area contributed by atoms with E-state index in [0.29, 0.717) is 12.0 Å². The molecule has 0 saturated carbocycles. The molecule has 100 valence electrons. The van der Waals surface area contributed by atoms with Gasteiger partial charge in [0, 0.05) is 6.04 Å². The summed E-state index contributed by atoms with van der Waals surface area (Å²) in [5.41, 5.74) is 6.82. The highest BCUT2D eigenvalue weighted by atomic mass is 19.1. The topological polar surface area (TPSA) is 29.3 Å². The van der Waals surface area contributed by atoms with Crippen LogP contribution in [0.1, 0.15) is 37.8 Å². The van der Waals surface area contributed by atoms with Gasteiger partial charge in [0.05, 0.1) is 0 Å². The molecule has 1 aliphatic rings. The van der Waals surface area contributed by atoms with Crippen LogP contribution in [0.25, 0.3) is 0 Å². The maximum atomic E-state index is 13.3. The third-order valence-electron chi connectivity index (χ3n) is 4.04. The van der Waals surface area contributed by atoms with Crippen LogP contribution in [0.15, 0.2) is 24.3 Å². The summed E-state index contributed by atoms with van der Waals surface area (Å²) in [7, 11) is 0. The standard InChI is InChI=1S/C15H23FN2/c1-2-15(13-4-3-5-14(16)10-13)18-8-6-12(11-17)7-9-18/h3-5,10,12,15H,2,6-9,11,17H2,1H3. The van der Waals surface area contributed by atoms with Gasteiger partial charge in [-0.1, -0.05) is 19.1 Å². The molecular formula is C15H23FN2. The number of piperidine rings is 1. The Balaban J connectivity index is 2.05. The van der Waals surface area contributed by atoms with Gasteiger partial charge in [0.2, 0.25) is 0 Å². The largest absolute Gasteiger partial charge is 0.330 e. The van der Waals surface area contributed by atoms with Crippen molar-refractivity contribution in [2.75, 3.05) is 19.6 Å². The van der Waals surface area contributed by atoms with E-state index in [9.17, 15) is 4.39 Å². The number of hydrogen-bond donors (Lipinski definition) is 1. The van der Waals surface area contributed by atoms with Crippen LogP contribution in [-0.2, 0) is 0 Å². The van der Waals surface area contributed by atoms with E-state index >= 15 is 0 Å². The predicted octanol–water partition coefficient (Wildman–Crippen LogP) is 2.95. The molecule has 1 unspecified atom stereocenters. The fraction of sp³-hybridized carbons (Fsp3) is 0.600. The summed E-state index contributed by atoms with van der Waals surface area (Å²) >= 11 is 0. The van der Waals surface area contributed by atoms with Crippen LogP contribution in [0.5, 0.6) is 0 Å². The summed E-state index contributed by atoms with van der Waals surface area (Å²) in [5, 5.41) is 0. The first-order chi connectivity index (χ1) is 8.74. The smallest absolute Gasteiger partial charge is 0.123 e. The van der Waals surface area contributed by atoms with Crippen LogP contribution >= 0.6 is 0 Å². The number of likely N-dealkylation sites (tertiary alicyclic amines) is 1. The number of rotatable bonds is 4. The van der Waals surface area contributed by atoms with Gasteiger partial charge in [-0.2, -0.15) is 0 Å². The monoisotopic (exact) mass is 250 g/mol. The Morgan fingerprint density at radius 3 is 2.67 bits per heavy atom. The highest BCUT2D eigenvalue weighted by molar-refractivity contribution is 5.20. The van der Waals surface area contributed by atoms with Crippen LogP contribution in [0.3, 0.4) is 0 Å². The van der Waals surface area contributed by atoms with Crippen LogP contribution in [0, 0.1) is 11.7 Å². The van der Waals surface area contributed by atoms with Crippen LogP contribution in [0.4, 0.5) is 4.39 Å². The molecule has 2 rings (SSSR count). The van der Waals surface area contributed by atoms with Crippen molar-refractivity contribution in [1.82, 2.24) is 4.90 Å². The zero-order valence-corrected chi connectivity index (χ0v) is 11.1. The number of hydrogen-bond acceptors (Lipinski definition) is 2. The van der Waals surface area contributed by atoms with E-state index in [1.54, 1.807) is 12.1 Å². The van der Waals surface area contributed by atoms with Gasteiger partial charge in [0.15, 0.2) is 0 Å². The quantitative estimate of drug-likeness (QED) is 0.890. The first kappa shape index (κ1) is 13.5. The molecule has 0 amide bonds. The average Bonchev–Trinajstić information content (AvgIpc) is 2.40. The number of benzene rings is 1. The molecule has 0 bridgehead atoms. The lowest BCUT2D eigenvalue weighted by Crippen LogP contribution is -2.38. The molecule has 2 nitrogen and oxygen atoms in total. The summed E-state index contributed by atoms with van der Waals surface area (Å²) in [5.74, 6) is 0.536. The van der Waals surface area contributed by atoms with Gasteiger partial charge in [0.1, 0.15) is 5.82 Å². The zero-order chi connectivity index (χ0) is 13.0. The van der Waals surface area contributed by atoms with Gasteiger partial charge in [-0.25, -0.2) is 4.39 Å². The van der Waals surface area contributed by atoms with Crippen molar-refractivity contribution in [3.8, 4) is 0 Å². The van der Waals surface area contributed by atoms with E-state index < -0.39 is 0 Å². The molecule has 1 saturated heterocycles. The van der Waals surface area contributed by atoms with Crippen molar-refractivity contribution >= 4 is 0 Å². The van der Waals surface area contributed by atoms with E-state index in [1.807, 2.05) is 6.07 Å². The number of nitrogens with zero attached hydrogens (tertiary/aromatic N) is 1. The van der Waals surface area contributed by atoms with E-state index in [4.69, 9.17) is 5.73 Å². The highest BCUT2D eigenvalue weighted by Gasteiger charge is 2.24.